The highest BCUT2D eigenvalue weighted by Crippen LogP contribution is 2.16. The molecular weight excluding hydrogens is 304 g/mol. The molecule has 0 spiro atoms. The molecule has 2 aromatic carbocycles. The van der Waals surface area contributed by atoms with Crippen molar-refractivity contribution in [1.82, 2.24) is 10.6 Å². The minimum Gasteiger partial charge on any atom is -0.497 e. The van der Waals surface area contributed by atoms with E-state index in [4.69, 9.17) is 9.47 Å². The predicted molar refractivity (Wildman–Crippen MR) is 94.7 cm³/mol. The van der Waals surface area contributed by atoms with Crippen molar-refractivity contribution in [2.45, 2.75) is 12.8 Å². The number of rotatable bonds is 9. The van der Waals surface area contributed by atoms with Crippen LogP contribution >= 0.6 is 0 Å². The van der Waals surface area contributed by atoms with Crippen LogP contribution in [0.4, 0.5) is 4.79 Å². The highest BCUT2D eigenvalue weighted by molar-refractivity contribution is 5.73. The maximum Gasteiger partial charge on any atom is 0.314 e. The van der Waals surface area contributed by atoms with E-state index in [1.807, 2.05) is 42.5 Å². The second-order valence-corrected chi connectivity index (χ2v) is 5.30. The molecule has 0 aliphatic heterocycles. The van der Waals surface area contributed by atoms with Gasteiger partial charge in [-0.15, -0.1) is 0 Å². The summed E-state index contributed by atoms with van der Waals surface area (Å²) in [5.41, 5.74) is 1.21. The van der Waals surface area contributed by atoms with Crippen LogP contribution in [0, 0.1) is 0 Å². The molecule has 2 N–H and O–H groups in total. The van der Waals surface area contributed by atoms with Crippen LogP contribution in [-0.2, 0) is 6.42 Å². The number of ether oxygens (including phenoxy) is 2. The largest absolute Gasteiger partial charge is 0.497 e. The Balaban J connectivity index is 1.51. The first-order valence-corrected chi connectivity index (χ1v) is 8.10. The predicted octanol–water partition coefficient (Wildman–Crippen LogP) is 3.01. The van der Waals surface area contributed by atoms with E-state index in [0.29, 0.717) is 19.7 Å². The van der Waals surface area contributed by atoms with Crippen molar-refractivity contribution >= 4 is 6.03 Å². The molecule has 0 saturated heterocycles. The molecule has 2 amide bonds. The van der Waals surface area contributed by atoms with Gasteiger partial charge in [-0.3, -0.25) is 0 Å². The first kappa shape index (κ1) is 17.7. The van der Waals surface area contributed by atoms with E-state index >= 15 is 0 Å². The van der Waals surface area contributed by atoms with Crippen LogP contribution in [0.1, 0.15) is 12.0 Å². The molecule has 24 heavy (non-hydrogen) atoms. The third-order valence-corrected chi connectivity index (χ3v) is 3.48. The second-order valence-electron chi connectivity index (χ2n) is 5.30. The van der Waals surface area contributed by atoms with Gasteiger partial charge in [-0.05, 0) is 42.7 Å². The van der Waals surface area contributed by atoms with Crippen molar-refractivity contribution < 1.29 is 14.3 Å². The highest BCUT2D eigenvalue weighted by atomic mass is 16.5. The fourth-order valence-corrected chi connectivity index (χ4v) is 2.16. The molecule has 0 saturated carbocycles. The Morgan fingerprint density at radius 1 is 0.917 bits per heavy atom. The second kappa shape index (κ2) is 10.2. The maximum atomic E-state index is 11.7. The standard InChI is InChI=1S/C19H24N2O3/c1-23-17-8-10-18(11-9-17)24-15-5-13-20-19(22)21-14-12-16-6-3-2-4-7-16/h2-4,6-11H,5,12-15H2,1H3,(H2,20,21,22). The van der Waals surface area contributed by atoms with Gasteiger partial charge < -0.3 is 20.1 Å². The summed E-state index contributed by atoms with van der Waals surface area (Å²) in [4.78, 5) is 11.7. The van der Waals surface area contributed by atoms with Gasteiger partial charge in [-0.2, -0.15) is 0 Å². The number of hydrogen-bond donors (Lipinski definition) is 2. The van der Waals surface area contributed by atoms with E-state index in [2.05, 4.69) is 22.8 Å². The zero-order chi connectivity index (χ0) is 17.0. The molecule has 0 aliphatic carbocycles. The smallest absolute Gasteiger partial charge is 0.314 e. The van der Waals surface area contributed by atoms with E-state index in [9.17, 15) is 4.79 Å². The molecule has 0 radical (unpaired) electrons. The van der Waals surface area contributed by atoms with Crippen molar-refractivity contribution in [3.05, 3.63) is 60.2 Å². The van der Waals surface area contributed by atoms with Gasteiger partial charge in [0.1, 0.15) is 11.5 Å². The van der Waals surface area contributed by atoms with Gasteiger partial charge in [0.05, 0.1) is 13.7 Å². The molecule has 5 nitrogen and oxygen atoms in total. The summed E-state index contributed by atoms with van der Waals surface area (Å²) in [5, 5.41) is 5.67. The zero-order valence-electron chi connectivity index (χ0n) is 14.0. The minimum absolute atomic E-state index is 0.143. The summed E-state index contributed by atoms with van der Waals surface area (Å²) in [6, 6.07) is 17.4. The topological polar surface area (TPSA) is 59.6 Å². The van der Waals surface area contributed by atoms with E-state index in [1.165, 1.54) is 5.56 Å². The number of nitrogens with one attached hydrogen (secondary N) is 2. The van der Waals surface area contributed by atoms with Crippen LogP contribution in [-0.4, -0.2) is 32.8 Å². The lowest BCUT2D eigenvalue weighted by atomic mass is 10.1. The summed E-state index contributed by atoms with van der Waals surface area (Å²) in [5.74, 6) is 1.60. The molecule has 128 valence electrons. The lowest BCUT2D eigenvalue weighted by Crippen LogP contribution is -2.37. The first-order valence-electron chi connectivity index (χ1n) is 8.10. The summed E-state index contributed by atoms with van der Waals surface area (Å²) >= 11 is 0. The molecule has 5 heteroatoms. The molecule has 0 unspecified atom stereocenters. The van der Waals surface area contributed by atoms with Gasteiger partial charge in [-0.25, -0.2) is 4.79 Å². The number of amides is 2. The quantitative estimate of drug-likeness (QED) is 0.696. The van der Waals surface area contributed by atoms with Crippen LogP contribution in [0.25, 0.3) is 0 Å². The Kier molecular flexibility index (Phi) is 7.47. The summed E-state index contributed by atoms with van der Waals surface area (Å²) in [6.07, 6.45) is 1.58. The average molecular weight is 328 g/mol. The number of urea groups is 1. The van der Waals surface area contributed by atoms with Crippen molar-refractivity contribution in [3.63, 3.8) is 0 Å². The average Bonchev–Trinajstić information content (AvgIpc) is 2.63. The van der Waals surface area contributed by atoms with Crippen molar-refractivity contribution in [3.8, 4) is 11.5 Å². The number of benzene rings is 2. The lowest BCUT2D eigenvalue weighted by molar-refractivity contribution is 0.239. The number of carbonyl (C=O) groups is 1. The van der Waals surface area contributed by atoms with Crippen LogP contribution in [0.15, 0.2) is 54.6 Å². The molecule has 0 aromatic heterocycles. The Morgan fingerprint density at radius 2 is 1.58 bits per heavy atom. The number of methoxy groups -OCH3 is 1. The molecule has 0 bridgehead atoms. The van der Waals surface area contributed by atoms with E-state index in [-0.39, 0.29) is 6.03 Å². The Labute approximate surface area is 143 Å². The lowest BCUT2D eigenvalue weighted by Gasteiger charge is -2.09. The van der Waals surface area contributed by atoms with Crippen LogP contribution in [0.2, 0.25) is 0 Å². The van der Waals surface area contributed by atoms with Gasteiger partial charge in [-0.1, -0.05) is 30.3 Å². The monoisotopic (exact) mass is 328 g/mol. The Hall–Kier alpha value is -2.69. The van der Waals surface area contributed by atoms with E-state index < -0.39 is 0 Å². The summed E-state index contributed by atoms with van der Waals surface area (Å²) < 4.78 is 10.7. The maximum absolute atomic E-state index is 11.7. The van der Waals surface area contributed by atoms with Gasteiger partial charge >= 0.3 is 6.03 Å². The van der Waals surface area contributed by atoms with Crippen molar-refractivity contribution in [2.75, 3.05) is 26.8 Å². The molecule has 0 fully saturated rings. The Morgan fingerprint density at radius 3 is 2.29 bits per heavy atom. The third-order valence-electron chi connectivity index (χ3n) is 3.48. The molecule has 0 heterocycles. The fourth-order valence-electron chi connectivity index (χ4n) is 2.16. The minimum atomic E-state index is -0.143. The first-order chi connectivity index (χ1) is 11.8. The van der Waals surface area contributed by atoms with Crippen LogP contribution in [0.5, 0.6) is 11.5 Å². The van der Waals surface area contributed by atoms with Crippen LogP contribution < -0.4 is 20.1 Å². The number of hydrogen-bond acceptors (Lipinski definition) is 3. The van der Waals surface area contributed by atoms with E-state index in [0.717, 1.165) is 24.3 Å². The Bertz CT molecular complexity index is 600. The van der Waals surface area contributed by atoms with Crippen molar-refractivity contribution in [2.24, 2.45) is 0 Å². The molecule has 2 rings (SSSR count). The fraction of sp³-hybridized carbons (Fsp3) is 0.316. The van der Waals surface area contributed by atoms with Gasteiger partial charge in [0.2, 0.25) is 0 Å². The molecule has 0 atom stereocenters. The SMILES string of the molecule is COc1ccc(OCCCNC(=O)NCCc2ccccc2)cc1. The highest BCUT2D eigenvalue weighted by Gasteiger charge is 2.00. The zero-order valence-corrected chi connectivity index (χ0v) is 14.0. The normalized spacial score (nSPS) is 10.0. The summed E-state index contributed by atoms with van der Waals surface area (Å²) in [6.45, 7) is 1.75. The van der Waals surface area contributed by atoms with Crippen molar-refractivity contribution in [1.29, 1.82) is 0 Å². The summed E-state index contributed by atoms with van der Waals surface area (Å²) in [7, 11) is 1.63. The number of carbonyl (C=O) groups excluding carboxylic acids is 1. The molecule has 2 aromatic rings. The molecule has 0 aliphatic rings. The van der Waals surface area contributed by atoms with Gasteiger partial charge in [0.25, 0.3) is 0 Å². The van der Waals surface area contributed by atoms with Gasteiger partial charge in [0, 0.05) is 13.1 Å². The van der Waals surface area contributed by atoms with E-state index in [1.54, 1.807) is 7.11 Å². The van der Waals surface area contributed by atoms with Gasteiger partial charge in [0.15, 0.2) is 0 Å². The van der Waals surface area contributed by atoms with Crippen LogP contribution in [0.3, 0.4) is 0 Å². The molecular formula is C19H24N2O3. The third kappa shape index (κ3) is 6.60.